The molecule has 136 heavy (non-hydrogen) atoms. The van der Waals surface area contributed by atoms with Crippen molar-refractivity contribution >= 4 is 164 Å². The highest BCUT2D eigenvalue weighted by atomic mass is 79.9. The van der Waals surface area contributed by atoms with E-state index in [4.69, 9.17) is 11.5 Å². The van der Waals surface area contributed by atoms with Crippen molar-refractivity contribution in [1.82, 2.24) is 18.3 Å². The monoisotopic (exact) mass is 2020 g/mol. The largest absolute Gasteiger partial charge is 0.488 e. The number of hydrogen-bond acceptors (Lipinski definition) is 4. The van der Waals surface area contributed by atoms with E-state index < -0.39 is 7.12 Å². The van der Waals surface area contributed by atoms with Crippen LogP contribution in [-0.2, 0) is 6.42 Å². The molecule has 668 valence electrons. The molecule has 8 nitrogen and oxygen atoms in total. The highest BCUT2D eigenvalue weighted by molar-refractivity contribution is 9.11. The number of aromatic nitrogens is 4. The van der Waals surface area contributed by atoms with Gasteiger partial charge in [-0.05, 0) is 230 Å². The van der Waals surface area contributed by atoms with Gasteiger partial charge in [0.05, 0.1) is 44.1 Å². The number of para-hydroxylation sites is 8. The smallest absolute Gasteiger partial charge is 0.423 e. The van der Waals surface area contributed by atoms with E-state index in [0.29, 0.717) is 5.46 Å². The first-order chi connectivity index (χ1) is 65.8. The molecule has 1 saturated carbocycles. The summed E-state index contributed by atoms with van der Waals surface area (Å²) < 4.78 is 13.9. The Bertz CT molecular complexity index is 7510. The molecule has 4 aromatic heterocycles. The van der Waals surface area contributed by atoms with Gasteiger partial charge < -0.3 is 39.8 Å². The van der Waals surface area contributed by atoms with Crippen LogP contribution >= 0.6 is 63.7 Å². The third-order valence-corrected chi connectivity index (χ3v) is 27.3. The molecular formula is C123H103BBr4N6O2. The summed E-state index contributed by atoms with van der Waals surface area (Å²) in [7, 11) is -1.48. The Morgan fingerprint density at radius 2 is 0.434 bits per heavy atom. The van der Waals surface area contributed by atoms with Gasteiger partial charge in [-0.25, -0.2) is 0 Å². The number of hydrogen-bond donors (Lipinski definition) is 4. The molecule has 0 aliphatic heterocycles. The van der Waals surface area contributed by atoms with Crippen LogP contribution in [0.3, 0.4) is 0 Å². The minimum absolute atomic E-state index is 0. The zero-order valence-electron chi connectivity index (χ0n) is 73.4. The van der Waals surface area contributed by atoms with Crippen LogP contribution in [0.15, 0.2) is 473 Å². The van der Waals surface area contributed by atoms with E-state index in [-0.39, 0.29) is 28.4 Å². The Morgan fingerprint density at radius 1 is 0.228 bits per heavy atom. The number of rotatable bonds is 10. The molecule has 25 rings (SSSR count). The minimum Gasteiger partial charge on any atom is -0.423 e. The van der Waals surface area contributed by atoms with Crippen LogP contribution in [0, 0.1) is 0 Å². The van der Waals surface area contributed by atoms with Gasteiger partial charge in [0.1, 0.15) is 0 Å². The number of nitrogens with two attached hydrogens (primary N) is 2. The fourth-order valence-corrected chi connectivity index (χ4v) is 22.1. The van der Waals surface area contributed by atoms with E-state index in [0.717, 1.165) is 87.7 Å². The SMILES string of the molecule is Brc1cc(-n2c3ccccc3c3ccccc32)cc(-n2c3ccccc3c3ccccc32)c1.Brc1cc(Br)cc(Br)c1.C.C.N[C@@H]1CCCC[C@H]1N.OB(O)c1cc(-c2ccccc2)cc(-c2ccccc2)c1.[2HH].c1ccc(-c2cc(-c3ccccc3)cc(-c3cc(-n4c5ccccc5c5ccccc54)cc(-n4c5ccccc5c5ccccc54)c3)c2)cc1.c1ccc2c(c1)Cc1ccccc1-2. The topological polar surface area (TPSA) is 112 Å². The van der Waals surface area contributed by atoms with Crippen molar-refractivity contribution in [1.29, 1.82) is 0 Å². The van der Waals surface area contributed by atoms with Crippen LogP contribution in [0.4, 0.5) is 0 Å². The zero-order valence-corrected chi connectivity index (χ0v) is 79.8. The molecule has 0 saturated heterocycles. The minimum atomic E-state index is -1.48. The summed E-state index contributed by atoms with van der Waals surface area (Å²) in [6.07, 6.45) is 5.90. The predicted octanol–water partition coefficient (Wildman–Crippen LogP) is 33.2. The summed E-state index contributed by atoms with van der Waals surface area (Å²) in [5, 5.41) is 29.1. The summed E-state index contributed by atoms with van der Waals surface area (Å²) in [6.45, 7) is 0. The van der Waals surface area contributed by atoms with E-state index in [1.807, 2.05) is 91.0 Å². The maximum atomic E-state index is 9.52. The molecule has 6 N–H and O–H groups in total. The first kappa shape index (κ1) is 92.6. The van der Waals surface area contributed by atoms with Crippen molar-refractivity contribution in [3.63, 3.8) is 0 Å². The van der Waals surface area contributed by atoms with Gasteiger partial charge in [-0.2, -0.15) is 0 Å². The fourth-order valence-electron chi connectivity index (χ4n) is 19.2. The number of halogens is 4. The third-order valence-electron chi connectivity index (χ3n) is 25.5. The van der Waals surface area contributed by atoms with Gasteiger partial charge in [0, 0.05) is 97.2 Å². The normalized spacial score (nSPS) is 12.9. The van der Waals surface area contributed by atoms with E-state index in [1.165, 1.54) is 150 Å². The molecule has 2 aliphatic carbocycles. The summed E-state index contributed by atoms with van der Waals surface area (Å²) in [4.78, 5) is 0. The van der Waals surface area contributed by atoms with Crippen LogP contribution < -0.4 is 16.9 Å². The summed E-state index contributed by atoms with van der Waals surface area (Å²) in [5.41, 5.74) is 42.9. The van der Waals surface area contributed by atoms with Gasteiger partial charge in [-0.15, -0.1) is 0 Å². The lowest BCUT2D eigenvalue weighted by Crippen LogP contribution is -2.43. The summed E-state index contributed by atoms with van der Waals surface area (Å²) in [5.74, 6) is 0. The molecule has 0 bridgehead atoms. The molecule has 0 spiro atoms. The second-order valence-electron chi connectivity index (χ2n) is 34.1. The molecule has 0 radical (unpaired) electrons. The van der Waals surface area contributed by atoms with Crippen molar-refractivity contribution < 1.29 is 11.5 Å². The lowest BCUT2D eigenvalue weighted by atomic mass is 9.77. The standard InChI is InChI=1S/C48H32N2.C30H19BrN2.C18H15BO2.C13H10.C6H3Br3.C6H14N2.2CH4.H2/c1-3-15-33(16-4-1)35-27-36(34-17-5-2-6-18-34)29-37(28-35)38-30-39(49-45-23-11-7-19-41(45)42-20-8-12-24-46(42)49)32-40(31-38)50-47-25-13-9-21-43(47)44-22-10-14-26-48(44)50;31-20-17-21(32-27-13-5-1-9-23(27)24-10-2-6-14-28(24)32)19-22(18-20)33-29-15-7-3-11-25(29)26-12-4-8-16-30(26)33;20-19(21)18-12-16(14-7-3-1-4-8-14)11-17(13-18)15-9-5-2-6-10-15;1-3-7-12-10(5-1)9-11-6-2-4-8-13(11)12;7-4-1-5(8)3-6(9)2-4;7-5-3-1-2-4-6(5)8;;;/h1-32H;1-19H;1-13,20-21H;1-8H,9H2;1-3H;5-6H,1-4,7-8H2;2*1H4;1H/t;;;;;5-,6-;;;/m.....1.../s1/i;;;;;;;;1+1. The van der Waals surface area contributed by atoms with Gasteiger partial charge >= 0.3 is 7.12 Å². The van der Waals surface area contributed by atoms with Crippen molar-refractivity contribution in [2.24, 2.45) is 11.5 Å². The maximum Gasteiger partial charge on any atom is 0.488 e. The highest BCUT2D eigenvalue weighted by Crippen LogP contribution is 2.44. The van der Waals surface area contributed by atoms with Crippen LogP contribution in [0.25, 0.3) is 177 Å². The summed E-state index contributed by atoms with van der Waals surface area (Å²) >= 11 is 13.9. The van der Waals surface area contributed by atoms with E-state index in [2.05, 4.69) is 446 Å². The van der Waals surface area contributed by atoms with Gasteiger partial charge in [0.25, 0.3) is 0 Å². The fraction of sp³-hybridized carbons (Fsp3) is 0.0732. The Morgan fingerprint density at radius 3 is 0.691 bits per heavy atom. The third kappa shape index (κ3) is 19.6. The molecule has 13 heteroatoms. The van der Waals surface area contributed by atoms with Gasteiger partial charge in [0.2, 0.25) is 0 Å². The van der Waals surface area contributed by atoms with Crippen LogP contribution in [-0.4, -0.2) is 47.5 Å². The van der Waals surface area contributed by atoms with Crippen molar-refractivity contribution in [2.75, 3.05) is 0 Å². The van der Waals surface area contributed by atoms with Gasteiger partial charge in [0.15, 0.2) is 0 Å². The van der Waals surface area contributed by atoms with E-state index in [9.17, 15) is 10.0 Å². The van der Waals surface area contributed by atoms with E-state index >= 15 is 0 Å². The Hall–Kier alpha value is -13.8. The van der Waals surface area contributed by atoms with Crippen molar-refractivity contribution in [2.45, 2.75) is 59.0 Å². The van der Waals surface area contributed by atoms with Gasteiger partial charge in [-0.3, -0.25) is 0 Å². The first-order valence-electron chi connectivity index (χ1n) is 45.3. The molecule has 0 amide bonds. The Kier molecular flexibility index (Phi) is 28.6. The number of benzene rings is 19. The quantitative estimate of drug-likeness (QED) is 0.102. The molecule has 2 atom stereocenters. The van der Waals surface area contributed by atoms with Gasteiger partial charge in [-0.1, -0.05) is 419 Å². The zero-order chi connectivity index (χ0) is 91.1. The number of nitrogens with zero attached hydrogens (tertiary/aromatic N) is 4. The highest BCUT2D eigenvalue weighted by Gasteiger charge is 2.24. The molecule has 1 fully saturated rings. The van der Waals surface area contributed by atoms with E-state index in [1.54, 1.807) is 0 Å². The Balaban J connectivity index is 0.000000128. The molecular weight excluding hydrogens is 1920 g/mol. The molecule has 0 unspecified atom stereocenters. The first-order valence-corrected chi connectivity index (χ1v) is 48.5. The average molecular weight is 2030 g/mol. The Labute approximate surface area is 830 Å². The molecule has 2 aliphatic rings. The second-order valence-corrected chi connectivity index (χ2v) is 37.7. The molecule has 19 aromatic carbocycles. The van der Waals surface area contributed by atoms with Crippen molar-refractivity contribution in [3.05, 3.63) is 484 Å². The van der Waals surface area contributed by atoms with Crippen LogP contribution in [0.2, 0.25) is 0 Å². The summed E-state index contributed by atoms with van der Waals surface area (Å²) in [6, 6.07) is 161. The second kappa shape index (κ2) is 42.0. The van der Waals surface area contributed by atoms with Crippen LogP contribution in [0.5, 0.6) is 0 Å². The lowest BCUT2D eigenvalue weighted by molar-refractivity contribution is 0.385. The van der Waals surface area contributed by atoms with Crippen molar-refractivity contribution in [3.8, 4) is 89.5 Å². The average Bonchev–Trinajstić information content (AvgIpc) is 1.67. The number of fused-ring (bicyclic) bond motifs is 15. The lowest BCUT2D eigenvalue weighted by Gasteiger charge is -2.24. The van der Waals surface area contributed by atoms with Crippen LogP contribution in [0.1, 0.15) is 53.1 Å². The maximum absolute atomic E-state index is 9.52. The molecule has 23 aromatic rings. The molecule has 4 heterocycles. The predicted molar refractivity (Wildman–Crippen MR) is 596 cm³/mol.